The second kappa shape index (κ2) is 8.06. The number of H-pyrrole nitrogens is 1. The topological polar surface area (TPSA) is 65.6 Å². The van der Waals surface area contributed by atoms with Gasteiger partial charge >= 0.3 is 0 Å². The lowest BCUT2D eigenvalue weighted by Crippen LogP contribution is -2.30. The molecule has 32 heavy (non-hydrogen) atoms. The minimum absolute atomic E-state index is 0.0358. The number of aromatic amines is 1. The Morgan fingerprint density at radius 2 is 2.03 bits per heavy atom. The van der Waals surface area contributed by atoms with E-state index in [9.17, 15) is 9.90 Å². The lowest BCUT2D eigenvalue weighted by Gasteiger charge is -2.17. The van der Waals surface area contributed by atoms with Gasteiger partial charge in [-0.1, -0.05) is 19.4 Å². The van der Waals surface area contributed by atoms with E-state index in [4.69, 9.17) is 16.3 Å². The van der Waals surface area contributed by atoms with E-state index in [-0.39, 0.29) is 17.6 Å². The summed E-state index contributed by atoms with van der Waals surface area (Å²) in [5.74, 6) is 1.04. The van der Waals surface area contributed by atoms with Crippen LogP contribution >= 0.6 is 11.6 Å². The molecule has 1 atom stereocenters. The molecule has 0 saturated carbocycles. The van der Waals surface area contributed by atoms with Gasteiger partial charge in [0, 0.05) is 40.7 Å². The summed E-state index contributed by atoms with van der Waals surface area (Å²) in [4.78, 5) is 18.6. The number of fused-ring (bicyclic) bond motifs is 4. The number of rotatable bonds is 5. The predicted molar refractivity (Wildman–Crippen MR) is 130 cm³/mol. The monoisotopic (exact) mass is 448 g/mol. The summed E-state index contributed by atoms with van der Waals surface area (Å²) in [6.07, 6.45) is 2.09. The number of alkyl halides is 1. The van der Waals surface area contributed by atoms with Gasteiger partial charge in [0.05, 0.1) is 12.8 Å². The number of anilines is 1. The summed E-state index contributed by atoms with van der Waals surface area (Å²) in [6, 6.07) is 15.4. The molecule has 1 aromatic heterocycles. The third kappa shape index (κ3) is 3.28. The number of benzene rings is 3. The standard InChI is InChI=1S/C26H25ClN2O3/c1-3-4-15-5-8-21-16(9-15)10-22(28-21)26(31)29-14-17(13-27)25-20-11-18(32-2)6-7-19(20)24(30)12-23(25)29/h5-12,17,28,30H,3-4,13-14H2,1-2H3/t17-/m1/s1. The molecule has 1 aliphatic heterocycles. The van der Waals surface area contributed by atoms with Gasteiger partial charge in [-0.3, -0.25) is 4.79 Å². The van der Waals surface area contributed by atoms with Crippen LogP contribution in [0, 0.1) is 0 Å². The molecule has 164 valence electrons. The van der Waals surface area contributed by atoms with Crippen LogP contribution in [-0.2, 0) is 6.42 Å². The summed E-state index contributed by atoms with van der Waals surface area (Å²) < 4.78 is 5.39. The molecule has 0 bridgehead atoms. The van der Waals surface area contributed by atoms with Gasteiger partial charge in [0.15, 0.2) is 0 Å². The van der Waals surface area contributed by atoms with Crippen LogP contribution in [-0.4, -0.2) is 35.5 Å². The van der Waals surface area contributed by atoms with E-state index in [1.54, 1.807) is 18.1 Å². The minimum Gasteiger partial charge on any atom is -0.507 e. The van der Waals surface area contributed by atoms with E-state index in [1.807, 2.05) is 30.3 Å². The molecule has 0 unspecified atom stereocenters. The maximum absolute atomic E-state index is 13.6. The van der Waals surface area contributed by atoms with E-state index in [1.165, 1.54) is 5.56 Å². The smallest absolute Gasteiger partial charge is 0.274 e. The average molecular weight is 449 g/mol. The number of aryl methyl sites for hydroxylation is 1. The van der Waals surface area contributed by atoms with Gasteiger partial charge < -0.3 is 19.7 Å². The largest absolute Gasteiger partial charge is 0.507 e. The first-order valence-corrected chi connectivity index (χ1v) is 11.4. The van der Waals surface area contributed by atoms with Crippen molar-refractivity contribution in [3.05, 3.63) is 65.4 Å². The number of carbonyl (C=O) groups is 1. The van der Waals surface area contributed by atoms with Crippen molar-refractivity contribution in [1.82, 2.24) is 4.98 Å². The van der Waals surface area contributed by atoms with Crippen LogP contribution in [0.4, 0.5) is 5.69 Å². The molecule has 0 aliphatic carbocycles. The molecule has 0 radical (unpaired) electrons. The third-order valence-corrected chi connectivity index (χ3v) is 6.70. The van der Waals surface area contributed by atoms with Gasteiger partial charge in [-0.2, -0.15) is 0 Å². The van der Waals surface area contributed by atoms with Gasteiger partial charge in [0.1, 0.15) is 17.2 Å². The number of ether oxygens (including phenoxy) is 1. The van der Waals surface area contributed by atoms with Gasteiger partial charge in [-0.25, -0.2) is 0 Å². The first-order valence-electron chi connectivity index (χ1n) is 10.9. The first-order chi connectivity index (χ1) is 15.5. The number of methoxy groups -OCH3 is 1. The molecule has 2 N–H and O–H groups in total. The Hall–Kier alpha value is -3.18. The molecule has 1 amide bonds. The molecule has 2 heterocycles. The fourth-order valence-electron chi connectivity index (χ4n) is 4.79. The van der Waals surface area contributed by atoms with Crippen LogP contribution in [0.3, 0.4) is 0 Å². The number of amides is 1. The molecule has 5 nitrogen and oxygen atoms in total. The molecule has 0 spiro atoms. The maximum atomic E-state index is 13.6. The Kier molecular flexibility index (Phi) is 5.22. The Morgan fingerprint density at radius 1 is 1.19 bits per heavy atom. The molecule has 6 heteroatoms. The molecule has 3 aromatic carbocycles. The van der Waals surface area contributed by atoms with Gasteiger partial charge in [-0.05, 0) is 59.3 Å². The van der Waals surface area contributed by atoms with Crippen molar-refractivity contribution in [3.63, 3.8) is 0 Å². The van der Waals surface area contributed by atoms with E-state index in [0.717, 1.165) is 40.1 Å². The second-order valence-electron chi connectivity index (χ2n) is 8.36. The summed E-state index contributed by atoms with van der Waals surface area (Å²) in [5, 5.41) is 13.3. The van der Waals surface area contributed by atoms with Crippen molar-refractivity contribution in [2.24, 2.45) is 0 Å². The zero-order valence-corrected chi connectivity index (χ0v) is 18.9. The maximum Gasteiger partial charge on any atom is 0.274 e. The van der Waals surface area contributed by atoms with E-state index < -0.39 is 0 Å². The van der Waals surface area contributed by atoms with Crippen molar-refractivity contribution in [2.75, 3.05) is 24.4 Å². The first kappa shape index (κ1) is 20.7. The number of phenols is 1. The van der Waals surface area contributed by atoms with Crippen molar-refractivity contribution < 1.29 is 14.6 Å². The van der Waals surface area contributed by atoms with Crippen molar-refractivity contribution in [2.45, 2.75) is 25.7 Å². The minimum atomic E-state index is -0.131. The fraction of sp³-hybridized carbons (Fsp3) is 0.269. The van der Waals surface area contributed by atoms with Gasteiger partial charge in [-0.15, -0.1) is 11.6 Å². The number of nitrogens with one attached hydrogen (secondary N) is 1. The highest BCUT2D eigenvalue weighted by molar-refractivity contribution is 6.19. The summed E-state index contributed by atoms with van der Waals surface area (Å²) in [6.45, 7) is 2.62. The SMILES string of the molecule is CCCc1ccc2[nH]c(C(=O)N3C[C@@H](CCl)c4c3cc(O)c3ccc(OC)cc43)cc2c1. The number of aromatic hydroxyl groups is 1. The van der Waals surface area contributed by atoms with E-state index in [2.05, 4.69) is 24.0 Å². The van der Waals surface area contributed by atoms with Gasteiger partial charge in [0.2, 0.25) is 0 Å². The van der Waals surface area contributed by atoms with Gasteiger partial charge in [0.25, 0.3) is 5.91 Å². The van der Waals surface area contributed by atoms with Crippen LogP contribution < -0.4 is 9.64 Å². The number of carbonyl (C=O) groups excluding carboxylic acids is 1. The molecule has 1 aliphatic rings. The molecular weight excluding hydrogens is 424 g/mol. The van der Waals surface area contributed by atoms with E-state index in [0.29, 0.717) is 29.6 Å². The number of nitrogens with zero attached hydrogens (tertiary/aromatic N) is 1. The number of phenolic OH excluding ortho intramolecular Hbond substituents is 1. The number of hydrogen-bond donors (Lipinski definition) is 2. The summed E-state index contributed by atoms with van der Waals surface area (Å²) in [7, 11) is 1.61. The van der Waals surface area contributed by atoms with E-state index >= 15 is 0 Å². The van der Waals surface area contributed by atoms with Crippen LogP contribution in [0.2, 0.25) is 0 Å². The number of hydrogen-bond acceptors (Lipinski definition) is 3. The summed E-state index contributed by atoms with van der Waals surface area (Å²) in [5.41, 5.74) is 4.40. The lowest BCUT2D eigenvalue weighted by atomic mass is 9.95. The number of aromatic nitrogens is 1. The summed E-state index contributed by atoms with van der Waals surface area (Å²) >= 11 is 6.34. The van der Waals surface area contributed by atoms with Crippen molar-refractivity contribution in [1.29, 1.82) is 0 Å². The van der Waals surface area contributed by atoms with Crippen LogP contribution in [0.25, 0.3) is 21.7 Å². The third-order valence-electron chi connectivity index (χ3n) is 6.33. The normalized spacial score (nSPS) is 15.5. The van der Waals surface area contributed by atoms with Crippen molar-refractivity contribution in [3.8, 4) is 11.5 Å². The highest BCUT2D eigenvalue weighted by Crippen LogP contribution is 2.46. The van der Waals surface area contributed by atoms with Crippen LogP contribution in [0.1, 0.15) is 40.9 Å². The number of halogens is 1. The zero-order chi connectivity index (χ0) is 22.4. The second-order valence-corrected chi connectivity index (χ2v) is 8.67. The Labute approximate surface area is 191 Å². The van der Waals surface area contributed by atoms with Crippen LogP contribution in [0.5, 0.6) is 11.5 Å². The predicted octanol–water partition coefficient (Wildman–Crippen LogP) is 5.97. The Bertz CT molecular complexity index is 1340. The molecule has 4 aromatic rings. The highest BCUT2D eigenvalue weighted by Gasteiger charge is 2.35. The van der Waals surface area contributed by atoms with Crippen molar-refractivity contribution >= 4 is 44.9 Å². The highest BCUT2D eigenvalue weighted by atomic mass is 35.5. The van der Waals surface area contributed by atoms with Crippen LogP contribution in [0.15, 0.2) is 48.5 Å². The lowest BCUT2D eigenvalue weighted by molar-refractivity contribution is 0.0984. The zero-order valence-electron chi connectivity index (χ0n) is 18.1. The Balaban J connectivity index is 1.60. The molecule has 0 fully saturated rings. The fourth-order valence-corrected chi connectivity index (χ4v) is 5.04. The Morgan fingerprint density at radius 3 is 2.78 bits per heavy atom. The quantitative estimate of drug-likeness (QED) is 0.369. The molecule has 5 rings (SSSR count). The molecular formula is C26H25ClN2O3. The molecule has 0 saturated heterocycles. The average Bonchev–Trinajstić information content (AvgIpc) is 3.39.